The van der Waals surface area contributed by atoms with Crippen molar-refractivity contribution in [2.75, 3.05) is 0 Å². The normalized spacial score (nSPS) is 11.5. The summed E-state index contributed by atoms with van der Waals surface area (Å²) in [5.41, 5.74) is 0.0841. The van der Waals surface area contributed by atoms with Gasteiger partial charge in [-0.2, -0.15) is 8.42 Å². The number of rotatable bonds is 4. The Morgan fingerprint density at radius 1 is 1.14 bits per heavy atom. The summed E-state index contributed by atoms with van der Waals surface area (Å²) in [4.78, 5) is 0. The molecule has 0 bridgehead atoms. The molecular weight excluding hydrogens is 350 g/mol. The predicted molar refractivity (Wildman–Crippen MR) is 72.0 cm³/mol. The van der Waals surface area contributed by atoms with E-state index >= 15 is 0 Å². The molecule has 0 amide bonds. The largest absolute Gasteiger partial charge is 1.00 e. The second-order valence-corrected chi connectivity index (χ2v) is 5.55. The number of hydrogen-bond donors (Lipinski definition) is 0. The van der Waals surface area contributed by atoms with E-state index in [2.05, 4.69) is 10.1 Å². The third kappa shape index (κ3) is 5.54. The molecule has 0 radical (unpaired) electrons. The van der Waals surface area contributed by atoms with E-state index in [0.29, 0.717) is 0 Å². The molecule has 0 saturated carbocycles. The Morgan fingerprint density at radius 3 is 2.00 bits per heavy atom. The van der Waals surface area contributed by atoms with Gasteiger partial charge >= 0.3 is 68.9 Å². The van der Waals surface area contributed by atoms with E-state index in [1.807, 2.05) is 0 Å². The first-order valence-corrected chi connectivity index (χ1v) is 7.12. The Balaban J connectivity index is 0.00000441. The summed E-state index contributed by atoms with van der Waals surface area (Å²) in [5.74, 6) is 1.69. The molecule has 1 rings (SSSR count). The minimum Gasteiger partial charge on any atom is -0.449 e. The van der Waals surface area contributed by atoms with E-state index in [-0.39, 0.29) is 79.2 Å². The minimum atomic E-state index is -5.37. The average Bonchev–Trinajstić information content (AvgIpc) is 2.29. The summed E-state index contributed by atoms with van der Waals surface area (Å²) in [6, 6.07) is 0. The zero-order chi connectivity index (χ0) is 16.6. The maximum absolute atomic E-state index is 12.7. The van der Waals surface area contributed by atoms with E-state index < -0.39 is 29.6 Å². The van der Waals surface area contributed by atoms with Crippen LogP contribution in [0.25, 0.3) is 0 Å². The molecule has 0 unspecified atom stereocenters. The fourth-order valence-corrected chi connectivity index (χ4v) is 2.67. The smallest absolute Gasteiger partial charge is 0.449 e. The minimum absolute atomic E-state index is 0. The van der Waals surface area contributed by atoms with E-state index in [4.69, 9.17) is 6.42 Å². The molecule has 116 valence electrons. The molecule has 0 N–H and O–H groups in total. The van der Waals surface area contributed by atoms with Gasteiger partial charge in [-0.05, 0) is 31.9 Å². The van der Waals surface area contributed by atoms with Crippen LogP contribution < -0.4 is 55.6 Å². The van der Waals surface area contributed by atoms with Crippen molar-refractivity contribution in [2.45, 2.75) is 27.1 Å². The van der Waals surface area contributed by atoms with Gasteiger partial charge in [0.15, 0.2) is 5.75 Å². The van der Waals surface area contributed by atoms with Crippen molar-refractivity contribution in [1.29, 1.82) is 0 Å². The molecule has 0 spiro atoms. The van der Waals surface area contributed by atoms with Crippen molar-refractivity contribution in [1.82, 2.24) is 0 Å². The molecule has 0 aliphatic heterocycles. The second kappa shape index (κ2) is 7.68. The average molecular weight is 362 g/mol. The van der Waals surface area contributed by atoms with Crippen LogP contribution >= 0.6 is 0 Å². The predicted octanol–water partition coefficient (Wildman–Crippen LogP) is 0.119. The molecule has 0 aliphatic rings. The quantitative estimate of drug-likeness (QED) is 0.331. The molecule has 0 aromatic heterocycles. The number of terminal acetylenes is 1. The van der Waals surface area contributed by atoms with Crippen molar-refractivity contribution in [3.63, 3.8) is 0 Å². The van der Waals surface area contributed by atoms with E-state index in [0.717, 1.165) is 0 Å². The first-order valence-electron chi connectivity index (χ1n) is 5.81. The van der Waals surface area contributed by atoms with Gasteiger partial charge in [-0.25, -0.2) is 0 Å². The van der Waals surface area contributed by atoms with Crippen molar-refractivity contribution >= 4 is 17.5 Å². The fraction of sp³-hybridized carbons (Fsp3) is 0.333. The van der Waals surface area contributed by atoms with Gasteiger partial charge in [0.25, 0.3) is 0 Å². The standard InChI is InChI=1S/C12H12BF4O3S.K/c1-5-10-7(2)11(6-13(14,15)16)9(4)12(8(10)3)20-21(17,18)19;/h1H,6H2,2-4H3;/q-1;+1. The molecule has 0 aliphatic carbocycles. The third-order valence-corrected chi connectivity index (χ3v) is 3.47. The molecule has 0 saturated heterocycles. The van der Waals surface area contributed by atoms with Gasteiger partial charge in [-0.15, -0.1) is 6.42 Å². The van der Waals surface area contributed by atoms with Crippen LogP contribution in [-0.4, -0.2) is 15.4 Å². The molecule has 22 heavy (non-hydrogen) atoms. The van der Waals surface area contributed by atoms with Crippen molar-refractivity contribution < 1.29 is 80.8 Å². The number of benzene rings is 1. The first kappa shape index (κ1) is 22.0. The van der Waals surface area contributed by atoms with Gasteiger partial charge < -0.3 is 17.1 Å². The van der Waals surface area contributed by atoms with E-state index in [9.17, 15) is 25.3 Å². The molecule has 1 aromatic carbocycles. The number of hydrogen-bond acceptors (Lipinski definition) is 3. The Hall–Kier alpha value is -0.0487. The topological polar surface area (TPSA) is 43.4 Å². The van der Waals surface area contributed by atoms with E-state index in [1.165, 1.54) is 20.8 Å². The summed E-state index contributed by atoms with van der Waals surface area (Å²) in [7, 11) is -5.37. The Kier molecular flexibility index (Phi) is 7.66. The fourth-order valence-electron chi connectivity index (χ4n) is 2.22. The van der Waals surface area contributed by atoms with Crippen LogP contribution in [0.1, 0.15) is 27.8 Å². The van der Waals surface area contributed by atoms with Crippen LogP contribution in [0.2, 0.25) is 0 Å². The van der Waals surface area contributed by atoms with Crippen LogP contribution in [0.15, 0.2) is 0 Å². The Bertz CT molecular complexity index is 724. The molecule has 3 nitrogen and oxygen atoms in total. The van der Waals surface area contributed by atoms with Crippen LogP contribution in [0, 0.1) is 33.1 Å². The Morgan fingerprint density at radius 2 is 1.64 bits per heavy atom. The zero-order valence-electron chi connectivity index (χ0n) is 12.5. The molecule has 0 atom stereocenters. The molecule has 1 aromatic rings. The summed E-state index contributed by atoms with van der Waals surface area (Å²) in [6.07, 6.45) is 3.99. The first-order chi connectivity index (χ1) is 9.37. The van der Waals surface area contributed by atoms with Gasteiger partial charge in [0.05, 0.1) is 0 Å². The molecule has 0 heterocycles. The van der Waals surface area contributed by atoms with Crippen molar-refractivity contribution in [2.24, 2.45) is 0 Å². The zero-order valence-corrected chi connectivity index (χ0v) is 16.4. The van der Waals surface area contributed by atoms with Gasteiger partial charge in [-0.1, -0.05) is 21.7 Å². The molecule has 0 fully saturated rings. The van der Waals surface area contributed by atoms with Gasteiger partial charge in [0, 0.05) is 11.1 Å². The van der Waals surface area contributed by atoms with Gasteiger partial charge in [0.2, 0.25) is 0 Å². The van der Waals surface area contributed by atoms with E-state index in [1.54, 1.807) is 0 Å². The van der Waals surface area contributed by atoms with Crippen LogP contribution in [-0.2, 0) is 16.8 Å². The summed E-state index contributed by atoms with van der Waals surface area (Å²) < 4.78 is 76.2. The van der Waals surface area contributed by atoms with Crippen molar-refractivity contribution in [3.8, 4) is 18.1 Å². The summed E-state index contributed by atoms with van der Waals surface area (Å²) in [5, 5.41) is 0. The Labute approximate surface area is 169 Å². The van der Waals surface area contributed by atoms with Crippen LogP contribution in [0.3, 0.4) is 0 Å². The summed E-state index contributed by atoms with van der Waals surface area (Å²) in [6.45, 7) is -1.18. The maximum Gasteiger partial charge on any atom is 1.00 e. The van der Waals surface area contributed by atoms with Gasteiger partial charge in [-0.3, -0.25) is 0 Å². The van der Waals surface area contributed by atoms with Crippen LogP contribution in [0.5, 0.6) is 5.75 Å². The monoisotopic (exact) mass is 362 g/mol. The third-order valence-electron chi connectivity index (χ3n) is 3.10. The summed E-state index contributed by atoms with van der Waals surface area (Å²) >= 11 is 0. The molecular formula is C12H12BF4KO3S. The van der Waals surface area contributed by atoms with Gasteiger partial charge in [0.1, 0.15) is 0 Å². The number of halogens is 4. The SMILES string of the molecule is C#Cc1c(C)c(C[B-](F)(F)F)c(C)c(OS(=O)(=O)F)c1C.[K+]. The van der Waals surface area contributed by atoms with Crippen LogP contribution in [0.4, 0.5) is 16.8 Å². The molecule has 10 heteroatoms. The van der Waals surface area contributed by atoms with Crippen molar-refractivity contribution in [3.05, 3.63) is 27.8 Å². The maximum atomic E-state index is 12.7. The second-order valence-electron chi connectivity index (χ2n) is 4.59.